The summed E-state index contributed by atoms with van der Waals surface area (Å²) in [7, 11) is 0. The molecule has 0 aromatic heterocycles. The predicted octanol–water partition coefficient (Wildman–Crippen LogP) is 5.93. The van der Waals surface area contributed by atoms with Crippen LogP contribution in [0.4, 0.5) is 0 Å². The third-order valence-electron chi connectivity index (χ3n) is 5.99. The molecule has 0 spiro atoms. The first-order valence-electron chi connectivity index (χ1n) is 11.2. The maximum Gasteiger partial charge on any atom is 0.0898 e. The third kappa shape index (κ3) is 6.30. The van der Waals surface area contributed by atoms with Gasteiger partial charge in [-0.2, -0.15) is 0 Å². The fourth-order valence-corrected chi connectivity index (χ4v) is 4.27. The molecule has 0 aliphatic heterocycles. The molecular weight excluding hydrogens is 406 g/mol. The van der Waals surface area contributed by atoms with Gasteiger partial charge < -0.3 is 15.2 Å². The number of hydrogen-bond acceptors (Lipinski definition) is 3. The Bertz CT molecular complexity index is 998. The molecule has 3 aromatic carbocycles. The van der Waals surface area contributed by atoms with Crippen molar-refractivity contribution >= 4 is 22.4 Å². The minimum atomic E-state index is -0.551. The minimum Gasteiger partial charge on any atom is -0.389 e. The van der Waals surface area contributed by atoms with Crippen LogP contribution in [0.3, 0.4) is 0 Å². The molecule has 0 amide bonds. The van der Waals surface area contributed by atoms with Crippen molar-refractivity contribution in [1.29, 1.82) is 0 Å². The van der Waals surface area contributed by atoms with Crippen LogP contribution in [0.5, 0.6) is 0 Å². The largest absolute Gasteiger partial charge is 0.389 e. The van der Waals surface area contributed by atoms with Crippen LogP contribution < -0.4 is 5.32 Å². The molecule has 1 saturated carbocycles. The van der Waals surface area contributed by atoms with Gasteiger partial charge in [0.25, 0.3) is 0 Å². The second-order valence-electron chi connectivity index (χ2n) is 9.42. The van der Waals surface area contributed by atoms with Crippen molar-refractivity contribution in [3.63, 3.8) is 0 Å². The number of nitrogens with one attached hydrogen (secondary N) is 1. The van der Waals surface area contributed by atoms with Crippen LogP contribution in [0.25, 0.3) is 10.8 Å². The van der Waals surface area contributed by atoms with E-state index < -0.39 is 6.10 Å². The maximum absolute atomic E-state index is 10.6. The van der Waals surface area contributed by atoms with E-state index in [-0.39, 0.29) is 11.6 Å². The minimum absolute atomic E-state index is 0.0394. The lowest BCUT2D eigenvalue weighted by Gasteiger charge is -2.29. The zero-order valence-corrected chi connectivity index (χ0v) is 19.1. The Morgan fingerprint density at radius 3 is 2.45 bits per heavy atom. The zero-order valence-electron chi connectivity index (χ0n) is 18.4. The molecule has 4 heteroatoms. The summed E-state index contributed by atoms with van der Waals surface area (Å²) >= 11 is 6.02. The second kappa shape index (κ2) is 9.70. The number of ether oxygens (including phenoxy) is 1. The number of hydrogen-bond donors (Lipinski definition) is 2. The molecule has 3 aromatic rings. The number of β-amino-alcohol motifs (C(OH)–C–C–N with tert-alkyl or cyclic N) is 1. The van der Waals surface area contributed by atoms with Gasteiger partial charge in [-0.1, -0.05) is 66.2 Å². The van der Waals surface area contributed by atoms with Crippen molar-refractivity contribution in [1.82, 2.24) is 5.32 Å². The van der Waals surface area contributed by atoms with Crippen LogP contribution in [0, 0.1) is 5.92 Å². The SMILES string of the molecule is CC(C)(Cc1ccc2ccccc2c1)NC[C@@H](O)COC(c1ccc(Cl)cc1)C1CC1. The molecule has 1 aliphatic rings. The summed E-state index contributed by atoms with van der Waals surface area (Å²) in [6.45, 7) is 5.17. The fourth-order valence-electron chi connectivity index (χ4n) is 4.15. The summed E-state index contributed by atoms with van der Waals surface area (Å²) in [5, 5.41) is 17.3. The Morgan fingerprint density at radius 1 is 1.03 bits per heavy atom. The summed E-state index contributed by atoms with van der Waals surface area (Å²) in [6, 6.07) is 22.9. The first-order valence-corrected chi connectivity index (χ1v) is 11.6. The summed E-state index contributed by atoms with van der Waals surface area (Å²) in [4.78, 5) is 0. The zero-order chi connectivity index (χ0) is 21.8. The first kappa shape index (κ1) is 22.3. The van der Waals surface area contributed by atoms with Gasteiger partial charge in [0.2, 0.25) is 0 Å². The van der Waals surface area contributed by atoms with E-state index in [2.05, 4.69) is 61.6 Å². The fraction of sp³-hybridized carbons (Fsp3) is 0.407. The van der Waals surface area contributed by atoms with Gasteiger partial charge in [-0.15, -0.1) is 0 Å². The summed E-state index contributed by atoms with van der Waals surface area (Å²) in [5.74, 6) is 0.547. The molecule has 1 fully saturated rings. The third-order valence-corrected chi connectivity index (χ3v) is 6.25. The van der Waals surface area contributed by atoms with E-state index in [0.717, 1.165) is 17.0 Å². The van der Waals surface area contributed by atoms with Crippen molar-refractivity contribution in [2.24, 2.45) is 5.92 Å². The van der Waals surface area contributed by atoms with E-state index >= 15 is 0 Å². The van der Waals surface area contributed by atoms with Gasteiger partial charge >= 0.3 is 0 Å². The van der Waals surface area contributed by atoms with E-state index in [9.17, 15) is 5.11 Å². The molecule has 0 saturated heterocycles. The van der Waals surface area contributed by atoms with Gasteiger partial charge in [0.1, 0.15) is 0 Å². The molecule has 4 rings (SSSR count). The van der Waals surface area contributed by atoms with Crippen molar-refractivity contribution < 1.29 is 9.84 Å². The molecule has 1 aliphatic carbocycles. The van der Waals surface area contributed by atoms with Crippen LogP contribution >= 0.6 is 11.6 Å². The van der Waals surface area contributed by atoms with Crippen molar-refractivity contribution in [2.45, 2.75) is 50.9 Å². The average molecular weight is 438 g/mol. The highest BCUT2D eigenvalue weighted by Gasteiger charge is 2.33. The summed E-state index contributed by atoms with van der Waals surface area (Å²) in [6.07, 6.45) is 2.74. The van der Waals surface area contributed by atoms with E-state index in [1.807, 2.05) is 24.3 Å². The van der Waals surface area contributed by atoms with Crippen molar-refractivity contribution in [3.8, 4) is 0 Å². The number of benzene rings is 3. The molecular formula is C27H32ClNO2. The van der Waals surface area contributed by atoms with Gasteiger partial charge in [0.15, 0.2) is 0 Å². The summed E-state index contributed by atoms with van der Waals surface area (Å²) in [5.41, 5.74) is 2.30. The highest BCUT2D eigenvalue weighted by atomic mass is 35.5. The van der Waals surface area contributed by atoms with E-state index in [4.69, 9.17) is 16.3 Å². The normalized spacial score (nSPS) is 16.4. The smallest absolute Gasteiger partial charge is 0.0898 e. The van der Waals surface area contributed by atoms with E-state index in [1.54, 1.807) is 0 Å². The monoisotopic (exact) mass is 437 g/mol. The van der Waals surface area contributed by atoms with Crippen LogP contribution in [-0.4, -0.2) is 29.9 Å². The molecule has 3 nitrogen and oxygen atoms in total. The van der Waals surface area contributed by atoms with Crippen LogP contribution in [0.2, 0.25) is 5.02 Å². The van der Waals surface area contributed by atoms with Crippen LogP contribution in [0.1, 0.15) is 43.9 Å². The Hall–Kier alpha value is -1.91. The second-order valence-corrected chi connectivity index (χ2v) is 9.86. The van der Waals surface area contributed by atoms with Gasteiger partial charge in [0.05, 0.1) is 18.8 Å². The Kier molecular flexibility index (Phi) is 6.98. The Balaban J connectivity index is 1.28. The molecule has 2 atom stereocenters. The lowest BCUT2D eigenvalue weighted by atomic mass is 9.93. The highest BCUT2D eigenvalue weighted by Crippen LogP contribution is 2.43. The van der Waals surface area contributed by atoms with Crippen LogP contribution in [0.15, 0.2) is 66.7 Å². The van der Waals surface area contributed by atoms with Crippen molar-refractivity contribution in [3.05, 3.63) is 82.9 Å². The lowest BCUT2D eigenvalue weighted by Crippen LogP contribution is -2.46. The number of aliphatic hydroxyl groups is 1. The van der Waals surface area contributed by atoms with Crippen molar-refractivity contribution in [2.75, 3.05) is 13.2 Å². The average Bonchev–Trinajstić information content (AvgIpc) is 3.59. The standard InChI is InChI=1S/C27H32ClNO2/c1-27(2,16-19-7-8-20-5-3-4-6-23(20)15-19)29-17-25(30)18-31-26(21-9-10-21)22-11-13-24(28)14-12-22/h3-8,11-15,21,25-26,29-30H,9-10,16-18H2,1-2H3/t25-,26?/m1/s1. The van der Waals surface area contributed by atoms with Gasteiger partial charge in [0, 0.05) is 17.1 Å². The van der Waals surface area contributed by atoms with Gasteiger partial charge in [-0.25, -0.2) is 0 Å². The molecule has 1 unspecified atom stereocenters. The van der Waals surface area contributed by atoms with E-state index in [0.29, 0.717) is 19.1 Å². The number of halogens is 1. The number of aliphatic hydroxyl groups excluding tert-OH is 1. The molecule has 0 radical (unpaired) electrons. The molecule has 31 heavy (non-hydrogen) atoms. The molecule has 0 heterocycles. The molecule has 164 valence electrons. The Labute approximate surface area is 190 Å². The summed E-state index contributed by atoms with van der Waals surface area (Å²) < 4.78 is 6.15. The maximum atomic E-state index is 10.6. The van der Waals surface area contributed by atoms with Gasteiger partial charge in [-0.05, 0) is 73.1 Å². The molecule has 2 N–H and O–H groups in total. The van der Waals surface area contributed by atoms with Gasteiger partial charge in [-0.3, -0.25) is 0 Å². The van der Waals surface area contributed by atoms with Crippen LogP contribution in [-0.2, 0) is 11.2 Å². The quantitative estimate of drug-likeness (QED) is 0.413. The van der Waals surface area contributed by atoms with E-state index in [1.165, 1.54) is 29.2 Å². The molecule has 0 bridgehead atoms. The lowest BCUT2D eigenvalue weighted by molar-refractivity contribution is -0.0211. The Morgan fingerprint density at radius 2 is 1.74 bits per heavy atom. The predicted molar refractivity (Wildman–Crippen MR) is 129 cm³/mol. The highest BCUT2D eigenvalue weighted by molar-refractivity contribution is 6.30. The number of fused-ring (bicyclic) bond motifs is 1. The first-order chi connectivity index (χ1) is 14.9. The number of rotatable bonds is 10. The topological polar surface area (TPSA) is 41.5 Å².